The number of nitrogens with two attached hydrogens (primary N) is 1. The molecule has 10 nitrogen and oxygen atoms in total. The lowest BCUT2D eigenvalue weighted by atomic mass is 9.96. The van der Waals surface area contributed by atoms with Gasteiger partial charge in [-0.15, -0.1) is 16.4 Å². The summed E-state index contributed by atoms with van der Waals surface area (Å²) < 4.78 is 2.58. The summed E-state index contributed by atoms with van der Waals surface area (Å²) >= 11 is 8.31. The molecule has 0 aliphatic heterocycles. The van der Waals surface area contributed by atoms with Crippen molar-refractivity contribution in [2.75, 3.05) is 17.2 Å². The van der Waals surface area contributed by atoms with Crippen molar-refractivity contribution in [2.45, 2.75) is 45.2 Å². The molecule has 0 bridgehead atoms. The van der Waals surface area contributed by atoms with Crippen LogP contribution in [0.4, 0.5) is 11.4 Å². The molecule has 6 rings (SSSR count). The molecule has 1 fully saturated rings. The van der Waals surface area contributed by atoms with Gasteiger partial charge in [0.05, 0.1) is 49.8 Å². The monoisotopic (exact) mass is 585 g/mol. The van der Waals surface area contributed by atoms with Gasteiger partial charge in [-0.2, -0.15) is 5.26 Å². The molecule has 4 N–H and O–H groups in total. The van der Waals surface area contributed by atoms with Crippen molar-refractivity contribution in [2.24, 2.45) is 11.1 Å². The molecule has 5 aromatic rings. The molecule has 0 unspecified atom stereocenters. The summed E-state index contributed by atoms with van der Waals surface area (Å²) in [4.78, 5) is 21.2. The zero-order chi connectivity index (χ0) is 28.9. The first-order valence-corrected chi connectivity index (χ1v) is 14.4. The lowest BCUT2D eigenvalue weighted by Crippen LogP contribution is -2.34. The van der Waals surface area contributed by atoms with Crippen LogP contribution in [0.25, 0.3) is 21.1 Å². The number of primary amides is 1. The van der Waals surface area contributed by atoms with E-state index in [2.05, 4.69) is 57.8 Å². The molecule has 12 heteroatoms. The Labute approximate surface area is 245 Å². The second-order valence-corrected chi connectivity index (χ2v) is 12.8. The van der Waals surface area contributed by atoms with Crippen LogP contribution >= 0.6 is 22.9 Å². The van der Waals surface area contributed by atoms with Gasteiger partial charge >= 0.3 is 0 Å². The minimum Gasteiger partial charge on any atom is -0.383 e. The Morgan fingerprint density at radius 1 is 1.29 bits per heavy atom. The minimum atomic E-state index is -0.828. The van der Waals surface area contributed by atoms with E-state index in [0.717, 1.165) is 21.2 Å². The Kier molecular flexibility index (Phi) is 6.55. The zero-order valence-electron chi connectivity index (χ0n) is 22.8. The predicted molar refractivity (Wildman–Crippen MR) is 161 cm³/mol. The van der Waals surface area contributed by atoms with E-state index in [1.165, 1.54) is 11.3 Å². The van der Waals surface area contributed by atoms with Crippen molar-refractivity contribution in [3.8, 4) is 6.07 Å². The number of nitrogens with one attached hydrogen (secondary N) is 2. The SMILES string of the molecule is CC(C)(C)CNc1c(C#N)cnc2c(Cl)cc(N[C@H](c3cn(C4(C(N)=O)CC4)nn3)c3cccc4ncsc34)cc12. The largest absolute Gasteiger partial charge is 0.383 e. The predicted octanol–water partition coefficient (Wildman–Crippen LogP) is 5.59. The van der Waals surface area contributed by atoms with Gasteiger partial charge in [-0.3, -0.25) is 9.78 Å². The van der Waals surface area contributed by atoms with Gasteiger partial charge in [-0.25, -0.2) is 9.67 Å². The maximum Gasteiger partial charge on any atom is 0.245 e. The topological polar surface area (TPSA) is 147 Å². The van der Waals surface area contributed by atoms with Crippen molar-refractivity contribution in [1.29, 1.82) is 5.26 Å². The highest BCUT2D eigenvalue weighted by Crippen LogP contribution is 2.43. The van der Waals surface area contributed by atoms with Crippen molar-refractivity contribution in [1.82, 2.24) is 25.0 Å². The Hall–Kier alpha value is -4.27. The Balaban J connectivity index is 1.47. The number of aromatic nitrogens is 5. The van der Waals surface area contributed by atoms with Crippen LogP contribution in [0.2, 0.25) is 5.02 Å². The van der Waals surface area contributed by atoms with Crippen molar-refractivity contribution in [3.05, 3.63) is 70.1 Å². The van der Waals surface area contributed by atoms with Gasteiger partial charge in [-0.1, -0.05) is 49.7 Å². The first-order valence-electron chi connectivity index (χ1n) is 13.2. The number of hydrogen-bond donors (Lipinski definition) is 3. The molecule has 41 heavy (non-hydrogen) atoms. The number of hydrogen-bond acceptors (Lipinski definition) is 9. The van der Waals surface area contributed by atoms with Gasteiger partial charge in [0.25, 0.3) is 0 Å². The van der Waals surface area contributed by atoms with Crippen LogP contribution in [0, 0.1) is 16.7 Å². The van der Waals surface area contributed by atoms with E-state index >= 15 is 0 Å². The normalized spacial score (nSPS) is 15.0. The van der Waals surface area contributed by atoms with E-state index in [-0.39, 0.29) is 5.41 Å². The van der Waals surface area contributed by atoms with E-state index in [4.69, 9.17) is 17.3 Å². The number of nitriles is 1. The molecule has 0 saturated heterocycles. The molecule has 0 radical (unpaired) electrons. The first kappa shape index (κ1) is 26.9. The summed E-state index contributed by atoms with van der Waals surface area (Å²) in [5.41, 5.74) is 11.5. The number of carbonyl (C=O) groups excluding carboxylic acids is 1. The van der Waals surface area contributed by atoms with Crippen molar-refractivity contribution in [3.63, 3.8) is 0 Å². The first-order chi connectivity index (χ1) is 19.6. The number of amides is 1. The average Bonchev–Trinajstić information content (AvgIpc) is 3.35. The number of benzene rings is 2. The van der Waals surface area contributed by atoms with Gasteiger partial charge in [0.2, 0.25) is 5.91 Å². The van der Waals surface area contributed by atoms with Gasteiger partial charge < -0.3 is 16.4 Å². The fourth-order valence-corrected chi connectivity index (χ4v) is 6.01. The summed E-state index contributed by atoms with van der Waals surface area (Å²) in [5.74, 6) is -0.416. The highest BCUT2D eigenvalue weighted by molar-refractivity contribution is 7.17. The minimum absolute atomic E-state index is 0.0177. The molecule has 1 saturated carbocycles. The molecule has 1 aliphatic carbocycles. The molecule has 1 aliphatic rings. The Morgan fingerprint density at radius 3 is 2.80 bits per heavy atom. The zero-order valence-corrected chi connectivity index (χ0v) is 24.3. The van der Waals surface area contributed by atoms with E-state index in [1.807, 2.05) is 35.8 Å². The number of pyridine rings is 1. The third kappa shape index (κ3) is 4.94. The number of anilines is 2. The van der Waals surface area contributed by atoms with Crippen LogP contribution in [-0.2, 0) is 10.3 Å². The van der Waals surface area contributed by atoms with Crippen LogP contribution in [0.1, 0.15) is 56.5 Å². The number of nitrogens with zero attached hydrogens (tertiary/aromatic N) is 6. The molecular formula is C29H28ClN9OS. The summed E-state index contributed by atoms with van der Waals surface area (Å²) in [5, 5.41) is 26.9. The summed E-state index contributed by atoms with van der Waals surface area (Å²) in [7, 11) is 0. The lowest BCUT2D eigenvalue weighted by molar-refractivity contribution is -0.122. The highest BCUT2D eigenvalue weighted by Gasteiger charge is 2.52. The van der Waals surface area contributed by atoms with Crippen LogP contribution < -0.4 is 16.4 Å². The molecule has 0 spiro atoms. The number of halogens is 1. The number of fused-ring (bicyclic) bond motifs is 2. The van der Waals surface area contributed by atoms with Gasteiger partial charge in [0.1, 0.15) is 17.3 Å². The van der Waals surface area contributed by atoms with Gasteiger partial charge in [0, 0.05) is 23.8 Å². The second kappa shape index (κ2) is 9.98. The van der Waals surface area contributed by atoms with Gasteiger partial charge in [-0.05, 0) is 42.0 Å². The number of carbonyl (C=O) groups is 1. The Morgan fingerprint density at radius 2 is 2.10 bits per heavy atom. The maximum atomic E-state index is 12.2. The van der Waals surface area contributed by atoms with Crippen molar-refractivity contribution >= 4 is 61.3 Å². The molecule has 3 heterocycles. The van der Waals surface area contributed by atoms with Crippen LogP contribution in [-0.4, -0.2) is 37.4 Å². The average molecular weight is 586 g/mol. The van der Waals surface area contributed by atoms with E-state index in [0.29, 0.717) is 52.6 Å². The number of rotatable bonds is 8. The maximum absolute atomic E-state index is 12.2. The van der Waals surface area contributed by atoms with Crippen LogP contribution in [0.15, 0.2) is 48.2 Å². The molecule has 208 valence electrons. The standard InChI is InChI=1S/C29H28ClN9OS/c1-28(2,3)14-34-23-16(11-31)12-33-24-19(23)9-17(10-20(24)30)36-25(18-5-4-6-21-26(18)41-15-35-21)22-13-39(38-37-22)29(7-8-29)27(32)40/h4-6,9-10,12-13,15,25,36H,7-8,14H2,1-3H3,(H2,32,40)(H,33,34)/t25-/m0/s1. The molecule has 1 atom stereocenters. The second-order valence-electron chi connectivity index (χ2n) is 11.5. The van der Waals surface area contributed by atoms with E-state index in [9.17, 15) is 10.1 Å². The molecule has 2 aromatic carbocycles. The third-order valence-electron chi connectivity index (χ3n) is 7.28. The van der Waals surface area contributed by atoms with Gasteiger partial charge in [0.15, 0.2) is 0 Å². The third-order valence-corrected chi connectivity index (χ3v) is 8.46. The molecular weight excluding hydrogens is 558 g/mol. The van der Waals surface area contributed by atoms with Crippen LogP contribution in [0.5, 0.6) is 0 Å². The Bertz CT molecular complexity index is 1840. The fourth-order valence-electron chi connectivity index (χ4n) is 4.91. The summed E-state index contributed by atoms with van der Waals surface area (Å²) in [6, 6.07) is 11.5. The highest BCUT2D eigenvalue weighted by atomic mass is 35.5. The lowest BCUT2D eigenvalue weighted by Gasteiger charge is -2.22. The molecule has 3 aromatic heterocycles. The van der Waals surface area contributed by atoms with Crippen molar-refractivity contribution < 1.29 is 4.79 Å². The summed E-state index contributed by atoms with van der Waals surface area (Å²) in [6.45, 7) is 7.02. The van der Waals surface area contributed by atoms with E-state index in [1.54, 1.807) is 17.1 Å². The summed E-state index contributed by atoms with van der Waals surface area (Å²) in [6.07, 6.45) is 4.59. The molecule has 1 amide bonds. The van der Waals surface area contributed by atoms with E-state index < -0.39 is 17.5 Å². The smallest absolute Gasteiger partial charge is 0.245 e. The van der Waals surface area contributed by atoms with Crippen LogP contribution in [0.3, 0.4) is 0 Å². The number of thiazole rings is 1. The quantitative estimate of drug-likeness (QED) is 0.213. The fraction of sp³-hybridized carbons (Fsp3) is 0.310.